The summed E-state index contributed by atoms with van der Waals surface area (Å²) in [4.78, 5) is 0. The van der Waals surface area contributed by atoms with Crippen LogP contribution in [0.3, 0.4) is 0 Å². The SMILES string of the molecule is Cc1cc[c-]cc1.Cc1cc[c-]cc1.[W+2]. The first-order valence-electron chi connectivity index (χ1n) is 4.64. The first-order chi connectivity index (χ1) is 6.79. The van der Waals surface area contributed by atoms with Crippen LogP contribution in [-0.4, -0.2) is 0 Å². The predicted molar refractivity (Wildman–Crippen MR) is 60.0 cm³/mol. The van der Waals surface area contributed by atoms with Gasteiger partial charge in [0.15, 0.2) is 0 Å². The van der Waals surface area contributed by atoms with Gasteiger partial charge in [-0.25, -0.2) is 0 Å². The van der Waals surface area contributed by atoms with Crippen molar-refractivity contribution < 1.29 is 21.1 Å². The molecule has 2 rings (SSSR count). The first kappa shape index (κ1) is 14.1. The minimum Gasteiger partial charge on any atom is -0.184 e. The third-order valence-corrected chi connectivity index (χ3v) is 1.77. The molecule has 76 valence electrons. The summed E-state index contributed by atoms with van der Waals surface area (Å²) in [5, 5.41) is 0. The third kappa shape index (κ3) is 7.10. The summed E-state index contributed by atoms with van der Waals surface area (Å²) in [7, 11) is 0. The van der Waals surface area contributed by atoms with Gasteiger partial charge in [-0.2, -0.15) is 71.8 Å². The zero-order valence-electron chi connectivity index (χ0n) is 9.03. The van der Waals surface area contributed by atoms with Gasteiger partial charge in [0.05, 0.1) is 0 Å². The van der Waals surface area contributed by atoms with Gasteiger partial charge in [-0.05, 0) is 0 Å². The fourth-order valence-electron chi connectivity index (χ4n) is 0.940. The van der Waals surface area contributed by atoms with Crippen molar-refractivity contribution in [1.82, 2.24) is 0 Å². The van der Waals surface area contributed by atoms with Crippen LogP contribution in [0, 0.1) is 26.0 Å². The Morgan fingerprint density at radius 3 is 1.07 bits per heavy atom. The fourth-order valence-corrected chi connectivity index (χ4v) is 0.940. The summed E-state index contributed by atoms with van der Waals surface area (Å²) in [6, 6.07) is 21.6. The van der Waals surface area contributed by atoms with E-state index < -0.39 is 0 Å². The number of rotatable bonds is 0. The van der Waals surface area contributed by atoms with Crippen molar-refractivity contribution in [3.63, 3.8) is 0 Å². The summed E-state index contributed by atoms with van der Waals surface area (Å²) in [5.41, 5.74) is 2.58. The normalized spacial score (nSPS) is 8.13. The van der Waals surface area contributed by atoms with Crippen molar-refractivity contribution in [1.29, 1.82) is 0 Å². The molecule has 2 aromatic rings. The summed E-state index contributed by atoms with van der Waals surface area (Å²) in [6.07, 6.45) is 0. The van der Waals surface area contributed by atoms with E-state index in [0.29, 0.717) is 0 Å². The molecule has 0 aliphatic carbocycles. The van der Waals surface area contributed by atoms with Crippen LogP contribution in [0.1, 0.15) is 11.1 Å². The Hall–Kier alpha value is -0.872. The standard InChI is InChI=1S/2C7H7.W/c2*1-7-5-3-2-4-6-7;/h2*3-6H,1H3;/q2*-1;+2. The van der Waals surface area contributed by atoms with Crippen LogP contribution in [0.25, 0.3) is 0 Å². The molecule has 1 heteroatoms. The van der Waals surface area contributed by atoms with Crippen molar-refractivity contribution in [2.24, 2.45) is 0 Å². The minimum absolute atomic E-state index is 0. The van der Waals surface area contributed by atoms with Gasteiger partial charge < -0.3 is 0 Å². The Balaban J connectivity index is 0.000000245. The average Bonchev–Trinajstić information content (AvgIpc) is 2.21. The summed E-state index contributed by atoms with van der Waals surface area (Å²) in [5.74, 6) is 0. The average molecular weight is 366 g/mol. The van der Waals surface area contributed by atoms with E-state index in [9.17, 15) is 0 Å². The van der Waals surface area contributed by atoms with E-state index >= 15 is 0 Å². The molecule has 0 aliphatic rings. The van der Waals surface area contributed by atoms with Crippen LogP contribution in [0.15, 0.2) is 48.5 Å². The topological polar surface area (TPSA) is 0 Å². The molecule has 0 atom stereocenters. The molecule has 0 amide bonds. The minimum atomic E-state index is 0. The molecule has 0 nitrogen and oxygen atoms in total. The quantitative estimate of drug-likeness (QED) is 0.626. The molecular formula is C14H14W. The van der Waals surface area contributed by atoms with Gasteiger partial charge >= 0.3 is 21.1 Å². The van der Waals surface area contributed by atoms with Gasteiger partial charge in [0.25, 0.3) is 0 Å². The molecular weight excluding hydrogens is 352 g/mol. The molecule has 0 bridgehead atoms. The van der Waals surface area contributed by atoms with Crippen molar-refractivity contribution in [2.45, 2.75) is 13.8 Å². The van der Waals surface area contributed by atoms with Gasteiger partial charge in [-0.1, -0.05) is 13.8 Å². The maximum Gasteiger partial charge on any atom is 2.00 e. The zero-order valence-corrected chi connectivity index (χ0v) is 12.0. The summed E-state index contributed by atoms with van der Waals surface area (Å²) >= 11 is 0. The molecule has 0 aliphatic heterocycles. The molecule has 0 radical (unpaired) electrons. The molecule has 0 unspecified atom stereocenters. The zero-order chi connectivity index (χ0) is 10.2. The Bertz CT molecular complexity index is 303. The van der Waals surface area contributed by atoms with E-state index in [0.717, 1.165) is 0 Å². The second-order valence-electron chi connectivity index (χ2n) is 3.15. The van der Waals surface area contributed by atoms with E-state index in [1.54, 1.807) is 0 Å². The van der Waals surface area contributed by atoms with Crippen molar-refractivity contribution >= 4 is 0 Å². The van der Waals surface area contributed by atoms with Crippen LogP contribution >= 0.6 is 0 Å². The van der Waals surface area contributed by atoms with Gasteiger partial charge in [-0.3, -0.25) is 0 Å². The van der Waals surface area contributed by atoms with Crippen LogP contribution in [-0.2, 0) is 21.1 Å². The van der Waals surface area contributed by atoms with Crippen LogP contribution in [0.4, 0.5) is 0 Å². The summed E-state index contributed by atoms with van der Waals surface area (Å²) in [6.45, 7) is 4.13. The van der Waals surface area contributed by atoms with E-state index in [1.807, 2.05) is 48.5 Å². The Morgan fingerprint density at radius 1 is 0.667 bits per heavy atom. The van der Waals surface area contributed by atoms with Crippen LogP contribution in [0.2, 0.25) is 0 Å². The fraction of sp³-hybridized carbons (Fsp3) is 0.143. The molecule has 0 fully saturated rings. The number of benzene rings is 2. The number of aryl methyl sites for hydroxylation is 2. The van der Waals surface area contributed by atoms with Gasteiger partial charge in [-0.15, -0.1) is 0 Å². The molecule has 0 heterocycles. The Kier molecular flexibility index (Phi) is 7.95. The molecule has 0 aromatic heterocycles. The molecule has 0 N–H and O–H groups in total. The predicted octanol–water partition coefficient (Wildman–Crippen LogP) is 3.59. The van der Waals surface area contributed by atoms with E-state index in [4.69, 9.17) is 0 Å². The summed E-state index contributed by atoms with van der Waals surface area (Å²) < 4.78 is 0. The Morgan fingerprint density at radius 2 is 0.933 bits per heavy atom. The number of hydrogen-bond donors (Lipinski definition) is 0. The van der Waals surface area contributed by atoms with Crippen molar-refractivity contribution in [3.8, 4) is 0 Å². The second kappa shape index (κ2) is 8.44. The van der Waals surface area contributed by atoms with E-state index in [2.05, 4.69) is 26.0 Å². The van der Waals surface area contributed by atoms with Gasteiger partial charge in [0.1, 0.15) is 0 Å². The molecule has 15 heavy (non-hydrogen) atoms. The maximum absolute atomic E-state index is 2.93. The van der Waals surface area contributed by atoms with E-state index in [-0.39, 0.29) is 21.1 Å². The van der Waals surface area contributed by atoms with Crippen molar-refractivity contribution in [3.05, 3.63) is 71.8 Å². The van der Waals surface area contributed by atoms with Crippen LogP contribution in [0.5, 0.6) is 0 Å². The molecule has 0 spiro atoms. The second-order valence-corrected chi connectivity index (χ2v) is 3.15. The Labute approximate surface area is 107 Å². The van der Waals surface area contributed by atoms with Crippen molar-refractivity contribution in [2.75, 3.05) is 0 Å². The van der Waals surface area contributed by atoms with Gasteiger partial charge in [0, 0.05) is 0 Å². The van der Waals surface area contributed by atoms with E-state index in [1.165, 1.54) is 11.1 Å². The largest absolute Gasteiger partial charge is 2.00 e. The van der Waals surface area contributed by atoms with Crippen LogP contribution < -0.4 is 0 Å². The third-order valence-electron chi connectivity index (χ3n) is 1.77. The smallest absolute Gasteiger partial charge is 0.184 e. The molecule has 2 aromatic carbocycles. The number of hydrogen-bond acceptors (Lipinski definition) is 0. The molecule has 0 saturated heterocycles. The van der Waals surface area contributed by atoms with Gasteiger partial charge in [0.2, 0.25) is 0 Å². The maximum atomic E-state index is 2.93. The molecule has 0 saturated carbocycles. The first-order valence-corrected chi connectivity index (χ1v) is 4.64. The monoisotopic (exact) mass is 366 g/mol.